The van der Waals surface area contributed by atoms with Crippen LogP contribution in [0.4, 0.5) is 5.69 Å². The van der Waals surface area contributed by atoms with E-state index < -0.39 is 27.3 Å². The number of nitrogens with one attached hydrogen (secondary N) is 1. The zero-order valence-corrected chi connectivity index (χ0v) is 18.1. The number of sulfone groups is 1. The highest BCUT2D eigenvalue weighted by Crippen LogP contribution is 2.43. The first-order chi connectivity index (χ1) is 13.7. The lowest BCUT2D eigenvalue weighted by Gasteiger charge is -2.15. The van der Waals surface area contributed by atoms with Crippen molar-refractivity contribution < 1.29 is 23.4 Å². The number of carboxylic acids is 1. The number of hydrogen-bond donors (Lipinski definition) is 3. The van der Waals surface area contributed by atoms with E-state index in [1.165, 1.54) is 6.07 Å². The van der Waals surface area contributed by atoms with Crippen molar-refractivity contribution in [2.24, 2.45) is 5.92 Å². The lowest BCUT2D eigenvalue weighted by atomic mass is 10.0. The summed E-state index contributed by atoms with van der Waals surface area (Å²) in [5.41, 5.74) is 1.17. The van der Waals surface area contributed by atoms with Crippen molar-refractivity contribution in [1.29, 1.82) is 0 Å². The first-order valence-electron chi connectivity index (χ1n) is 9.60. The van der Waals surface area contributed by atoms with Crippen molar-refractivity contribution in [3.63, 3.8) is 0 Å². The number of hydrogen-bond acceptors (Lipinski definition) is 5. The molecule has 0 spiro atoms. The Hall–Kier alpha value is -2.06. The maximum absolute atomic E-state index is 13.2. The van der Waals surface area contributed by atoms with Crippen molar-refractivity contribution in [3.05, 3.63) is 51.5 Å². The van der Waals surface area contributed by atoms with E-state index in [1.54, 1.807) is 24.3 Å². The molecule has 2 saturated carbocycles. The van der Waals surface area contributed by atoms with Gasteiger partial charge in [-0.3, -0.25) is 0 Å². The zero-order valence-electron chi connectivity index (χ0n) is 15.7. The fourth-order valence-corrected chi connectivity index (χ4v) is 5.48. The van der Waals surface area contributed by atoms with Gasteiger partial charge in [-0.05, 0) is 67.3 Å². The number of rotatable bonds is 8. The lowest BCUT2D eigenvalue weighted by Crippen LogP contribution is -2.12. The van der Waals surface area contributed by atoms with Crippen LogP contribution in [0.5, 0.6) is 5.75 Å². The molecule has 0 saturated heterocycles. The molecule has 0 bridgehead atoms. The molecule has 0 heterocycles. The van der Waals surface area contributed by atoms with Gasteiger partial charge in [-0.15, -0.1) is 0 Å². The highest BCUT2D eigenvalue weighted by Gasteiger charge is 2.29. The summed E-state index contributed by atoms with van der Waals surface area (Å²) < 4.78 is 27.1. The van der Waals surface area contributed by atoms with Crippen LogP contribution in [0.3, 0.4) is 0 Å². The van der Waals surface area contributed by atoms with Crippen molar-refractivity contribution in [1.82, 2.24) is 0 Å². The molecule has 0 radical (unpaired) electrons. The Balaban J connectivity index is 1.70. The molecule has 29 heavy (non-hydrogen) atoms. The summed E-state index contributed by atoms with van der Waals surface area (Å²) in [6.45, 7) is 0.718. The zero-order chi connectivity index (χ0) is 20.8. The Morgan fingerprint density at radius 1 is 1.14 bits per heavy atom. The van der Waals surface area contributed by atoms with Crippen LogP contribution in [0.1, 0.15) is 53.1 Å². The third-order valence-electron chi connectivity index (χ3n) is 5.39. The first-order valence-corrected chi connectivity index (χ1v) is 12.0. The Morgan fingerprint density at radius 2 is 1.86 bits per heavy atom. The average molecular weight is 480 g/mol. The summed E-state index contributed by atoms with van der Waals surface area (Å²) in [4.78, 5) is 11.7. The molecule has 2 aromatic rings. The molecule has 3 N–H and O–H groups in total. The molecular weight excluding hydrogens is 458 g/mol. The van der Waals surface area contributed by atoms with Gasteiger partial charge in [0.15, 0.2) is 9.84 Å². The van der Waals surface area contributed by atoms with Gasteiger partial charge in [0.1, 0.15) is 11.3 Å². The van der Waals surface area contributed by atoms with Crippen LogP contribution in [-0.4, -0.2) is 31.1 Å². The first kappa shape index (κ1) is 20.2. The number of carboxylic acid groups (broad SMARTS) is 1. The summed E-state index contributed by atoms with van der Waals surface area (Å²) in [6.07, 6.45) is 4.17. The maximum atomic E-state index is 13.2. The van der Waals surface area contributed by atoms with Gasteiger partial charge in [-0.2, -0.15) is 0 Å². The molecule has 8 heteroatoms. The van der Waals surface area contributed by atoms with Crippen molar-refractivity contribution >= 4 is 37.4 Å². The van der Waals surface area contributed by atoms with Gasteiger partial charge in [0, 0.05) is 16.6 Å². The van der Waals surface area contributed by atoms with Crippen molar-refractivity contribution in [2.75, 3.05) is 11.9 Å². The van der Waals surface area contributed by atoms with Crippen LogP contribution in [0.25, 0.3) is 0 Å². The summed E-state index contributed by atoms with van der Waals surface area (Å²) >= 11 is 3.33. The van der Waals surface area contributed by atoms with Crippen LogP contribution in [0.15, 0.2) is 39.7 Å². The van der Waals surface area contributed by atoms with Gasteiger partial charge in [0.05, 0.1) is 16.3 Å². The number of phenols is 1. The number of carbonyl (C=O) groups is 1. The summed E-state index contributed by atoms with van der Waals surface area (Å²) in [6, 6.07) is 8.13. The number of halogens is 1. The van der Waals surface area contributed by atoms with Crippen LogP contribution in [0, 0.1) is 5.92 Å². The number of benzene rings is 2. The van der Waals surface area contributed by atoms with Crippen LogP contribution in [-0.2, 0) is 15.6 Å². The molecule has 6 nitrogen and oxygen atoms in total. The van der Waals surface area contributed by atoms with E-state index in [1.807, 2.05) is 0 Å². The normalized spacial score (nSPS) is 16.6. The maximum Gasteiger partial charge on any atom is 0.339 e. The fourth-order valence-electron chi connectivity index (χ4n) is 3.40. The molecule has 2 aromatic carbocycles. The predicted molar refractivity (Wildman–Crippen MR) is 113 cm³/mol. The van der Waals surface area contributed by atoms with E-state index in [9.17, 15) is 23.4 Å². The largest absolute Gasteiger partial charge is 0.507 e. The minimum absolute atomic E-state index is 0.125. The third kappa shape index (κ3) is 4.59. The fraction of sp³-hybridized carbons (Fsp3) is 0.381. The van der Waals surface area contributed by atoms with Crippen LogP contribution < -0.4 is 5.32 Å². The number of aromatic hydroxyl groups is 1. The highest BCUT2D eigenvalue weighted by molar-refractivity contribution is 9.10. The minimum atomic E-state index is -3.83. The van der Waals surface area contributed by atoms with Gasteiger partial charge in [0.2, 0.25) is 0 Å². The monoisotopic (exact) mass is 479 g/mol. The standard InChI is InChI=1S/C21H22BrNO5S/c22-16-5-6-18(23-10-12-1-2-12)19(9-16)29(27,28)11-15-7-14(13-3-4-13)8-17(20(15)24)21(25)26/h5-9,12-13,23-24H,1-4,10-11H2,(H,25,26). The molecule has 0 unspecified atom stereocenters. The topological polar surface area (TPSA) is 104 Å². The van der Waals surface area contributed by atoms with E-state index in [0.717, 1.165) is 37.8 Å². The molecule has 0 aromatic heterocycles. The van der Waals surface area contributed by atoms with Gasteiger partial charge in [-0.1, -0.05) is 22.0 Å². The molecule has 0 amide bonds. The molecule has 2 fully saturated rings. The van der Waals surface area contributed by atoms with Gasteiger partial charge < -0.3 is 15.5 Å². The van der Waals surface area contributed by atoms with E-state index in [-0.39, 0.29) is 21.9 Å². The second kappa shape index (κ2) is 7.65. The minimum Gasteiger partial charge on any atom is -0.507 e. The molecule has 0 atom stereocenters. The summed E-state index contributed by atoms with van der Waals surface area (Å²) in [5.74, 6) is -1.40. The SMILES string of the molecule is O=C(O)c1cc(C2CC2)cc(CS(=O)(=O)c2cc(Br)ccc2NCC2CC2)c1O. The number of aromatic carboxylic acids is 1. The Bertz CT molecular complexity index is 1070. The third-order valence-corrected chi connectivity index (χ3v) is 7.58. The van der Waals surface area contributed by atoms with E-state index in [0.29, 0.717) is 16.1 Å². The number of anilines is 1. The van der Waals surface area contributed by atoms with Crippen molar-refractivity contribution in [2.45, 2.75) is 42.2 Å². The van der Waals surface area contributed by atoms with E-state index >= 15 is 0 Å². The predicted octanol–water partition coefficient (Wildman–Crippen LogP) is 4.53. The lowest BCUT2D eigenvalue weighted by molar-refractivity contribution is 0.0693. The van der Waals surface area contributed by atoms with Crippen LogP contribution in [0.2, 0.25) is 0 Å². The molecule has 2 aliphatic carbocycles. The molecule has 4 rings (SSSR count). The molecule has 2 aliphatic rings. The molecular formula is C21H22BrNO5S. The van der Waals surface area contributed by atoms with Crippen LogP contribution >= 0.6 is 15.9 Å². The molecule has 0 aliphatic heterocycles. The van der Waals surface area contributed by atoms with Crippen molar-refractivity contribution in [3.8, 4) is 5.75 Å². The Morgan fingerprint density at radius 3 is 2.48 bits per heavy atom. The molecule has 154 valence electrons. The second-order valence-electron chi connectivity index (χ2n) is 7.88. The quantitative estimate of drug-likeness (QED) is 0.513. The Kier molecular flexibility index (Phi) is 5.33. The second-order valence-corrected chi connectivity index (χ2v) is 10.8. The van der Waals surface area contributed by atoms with E-state index in [4.69, 9.17) is 0 Å². The smallest absolute Gasteiger partial charge is 0.339 e. The highest BCUT2D eigenvalue weighted by atomic mass is 79.9. The summed E-state index contributed by atoms with van der Waals surface area (Å²) in [7, 11) is -3.83. The van der Waals surface area contributed by atoms with Gasteiger partial charge in [0.25, 0.3) is 0 Å². The summed E-state index contributed by atoms with van der Waals surface area (Å²) in [5, 5.41) is 23.1. The Labute approximate surface area is 178 Å². The average Bonchev–Trinajstić information content (AvgIpc) is 3.54. The van der Waals surface area contributed by atoms with Gasteiger partial charge >= 0.3 is 5.97 Å². The van der Waals surface area contributed by atoms with Gasteiger partial charge in [-0.25, -0.2) is 13.2 Å². The van der Waals surface area contributed by atoms with E-state index in [2.05, 4.69) is 21.2 Å².